The van der Waals surface area contributed by atoms with Crippen LogP contribution in [-0.2, 0) is 19.2 Å². The molecule has 0 aliphatic heterocycles. The summed E-state index contributed by atoms with van der Waals surface area (Å²) in [5, 5.41) is 0. The Morgan fingerprint density at radius 1 is 1.43 bits per heavy atom. The number of hydrogen-bond acceptors (Lipinski definition) is 0. The molecule has 0 aliphatic carbocycles. The van der Waals surface area contributed by atoms with E-state index in [1.165, 1.54) is 0 Å². The summed E-state index contributed by atoms with van der Waals surface area (Å²) in [4.78, 5) is 0. The van der Waals surface area contributed by atoms with Gasteiger partial charge in [0.05, 0.1) is 0 Å². The van der Waals surface area contributed by atoms with Crippen LogP contribution in [0.4, 0.5) is 0 Å². The van der Waals surface area contributed by atoms with E-state index in [9.17, 15) is 0 Å². The van der Waals surface area contributed by atoms with Crippen molar-refractivity contribution in [2.45, 2.75) is 27.2 Å². The molecule has 0 nitrogen and oxygen atoms in total. The van der Waals surface area contributed by atoms with Crippen molar-refractivity contribution in [1.29, 1.82) is 0 Å². The monoisotopic (exact) mass is 181 g/mol. The summed E-state index contributed by atoms with van der Waals surface area (Å²) in [6.45, 7) is 6.64. The van der Waals surface area contributed by atoms with Crippen molar-refractivity contribution in [3.05, 3.63) is 0 Å². The van der Waals surface area contributed by atoms with E-state index in [-0.39, 0.29) is 0 Å². The van der Waals surface area contributed by atoms with Crippen molar-refractivity contribution >= 4 is 0 Å². The van der Waals surface area contributed by atoms with Gasteiger partial charge < -0.3 is 0 Å². The Balaban J connectivity index is 3.40. The quantitative estimate of drug-likeness (QED) is 0.498. The van der Waals surface area contributed by atoms with Crippen molar-refractivity contribution in [3.8, 4) is 4.20 Å². The Hall–Kier alpha value is 0.468. The molecule has 0 saturated carbocycles. The van der Waals surface area contributed by atoms with E-state index in [0.29, 0.717) is 5.41 Å². The van der Waals surface area contributed by atoms with Gasteiger partial charge >= 0.3 is 56.0 Å². The Kier molecular flexibility index (Phi) is 2.88. The fraction of sp³-hybridized carbons (Fsp3) is 0.833. The molecule has 0 heterocycles. The first kappa shape index (κ1) is 7.47. The Morgan fingerprint density at radius 2 is 1.86 bits per heavy atom. The van der Waals surface area contributed by atoms with Crippen LogP contribution in [0.3, 0.4) is 0 Å². The molecule has 0 saturated heterocycles. The van der Waals surface area contributed by atoms with Crippen LogP contribution in [0.15, 0.2) is 0 Å². The summed E-state index contributed by atoms with van der Waals surface area (Å²) >= 11 is 1.92. The molecule has 0 radical (unpaired) electrons. The first-order chi connectivity index (χ1) is 3.06. The maximum atomic E-state index is 3.12. The molecule has 7 heavy (non-hydrogen) atoms. The van der Waals surface area contributed by atoms with Crippen molar-refractivity contribution in [2.24, 2.45) is 5.41 Å². The van der Waals surface area contributed by atoms with Crippen molar-refractivity contribution in [3.63, 3.8) is 0 Å². The number of hydrogen-bond donors (Lipinski definition) is 0. The minimum absolute atomic E-state index is 0.442. The van der Waals surface area contributed by atoms with Crippen LogP contribution in [0.2, 0.25) is 0 Å². The molecular weight excluding hydrogens is 168 g/mol. The average molecular weight is 179 g/mol. The van der Waals surface area contributed by atoms with Gasteiger partial charge in [-0.3, -0.25) is 0 Å². The Labute approximate surface area is 56.3 Å². The standard InChI is InChI=1S/C6H11.Mo/c1-5-6(2,3)4;/h5H2,2-4H3;. The normalized spacial score (nSPS) is 10.6. The molecule has 0 aliphatic rings. The van der Waals surface area contributed by atoms with Crippen LogP contribution in [0.25, 0.3) is 0 Å². The van der Waals surface area contributed by atoms with Crippen LogP contribution in [0, 0.1) is 9.62 Å². The summed E-state index contributed by atoms with van der Waals surface area (Å²) in [5.41, 5.74) is 0.442. The second-order valence-corrected chi connectivity index (χ2v) is 3.59. The fourth-order valence-electron chi connectivity index (χ4n) is 0.217. The molecule has 0 rings (SSSR count). The van der Waals surface area contributed by atoms with Crippen LogP contribution >= 0.6 is 0 Å². The van der Waals surface area contributed by atoms with Crippen LogP contribution in [0.5, 0.6) is 0 Å². The van der Waals surface area contributed by atoms with Gasteiger partial charge in [-0.05, 0) is 0 Å². The third-order valence-corrected chi connectivity index (χ3v) is 0.957. The molecule has 1 heteroatoms. The van der Waals surface area contributed by atoms with E-state index in [4.69, 9.17) is 0 Å². The number of rotatable bonds is 0. The molecule has 0 aromatic heterocycles. The van der Waals surface area contributed by atoms with Crippen molar-refractivity contribution in [2.75, 3.05) is 0 Å². The predicted molar refractivity (Wildman–Crippen MR) is 28.0 cm³/mol. The van der Waals surface area contributed by atoms with Gasteiger partial charge in [0.25, 0.3) is 0 Å². The fourth-order valence-corrected chi connectivity index (χ4v) is 1.28. The van der Waals surface area contributed by atoms with Gasteiger partial charge in [-0.25, -0.2) is 0 Å². The molecule has 0 bridgehead atoms. The van der Waals surface area contributed by atoms with Crippen molar-refractivity contribution in [1.82, 2.24) is 0 Å². The summed E-state index contributed by atoms with van der Waals surface area (Å²) < 4.78 is 3.12. The topological polar surface area (TPSA) is 0 Å². The minimum atomic E-state index is 0.442. The van der Waals surface area contributed by atoms with Gasteiger partial charge in [0.1, 0.15) is 0 Å². The van der Waals surface area contributed by atoms with Crippen LogP contribution < -0.4 is 0 Å². The van der Waals surface area contributed by atoms with E-state index < -0.39 is 0 Å². The second kappa shape index (κ2) is 2.70. The van der Waals surface area contributed by atoms with Gasteiger partial charge in [0, 0.05) is 0 Å². The maximum absolute atomic E-state index is 3.12. The van der Waals surface area contributed by atoms with Gasteiger partial charge in [0.15, 0.2) is 0 Å². The molecule has 0 N–H and O–H groups in total. The van der Waals surface area contributed by atoms with E-state index in [2.05, 4.69) is 25.0 Å². The summed E-state index contributed by atoms with van der Waals surface area (Å²) in [6.07, 6.45) is 1.09. The third-order valence-electron chi connectivity index (χ3n) is 0.602. The summed E-state index contributed by atoms with van der Waals surface area (Å²) in [7, 11) is 0. The zero-order valence-corrected chi connectivity index (χ0v) is 7.12. The molecule has 0 atom stereocenters. The van der Waals surface area contributed by atoms with Crippen LogP contribution in [-0.4, -0.2) is 0 Å². The first-order valence-electron chi connectivity index (χ1n) is 2.41. The van der Waals surface area contributed by atoms with Crippen molar-refractivity contribution < 1.29 is 19.2 Å². The van der Waals surface area contributed by atoms with E-state index in [0.717, 1.165) is 6.42 Å². The second-order valence-electron chi connectivity index (χ2n) is 2.88. The zero-order valence-electron chi connectivity index (χ0n) is 5.12. The van der Waals surface area contributed by atoms with Gasteiger partial charge in [0.2, 0.25) is 0 Å². The van der Waals surface area contributed by atoms with E-state index in [1.807, 2.05) is 19.2 Å². The van der Waals surface area contributed by atoms with E-state index in [1.54, 1.807) is 0 Å². The van der Waals surface area contributed by atoms with Gasteiger partial charge in [-0.15, -0.1) is 0 Å². The molecule has 41 valence electrons. The SMILES string of the molecule is CC(C)(C)C[C]#[Mo]. The summed E-state index contributed by atoms with van der Waals surface area (Å²) in [6, 6.07) is 0. The molecule has 0 amide bonds. The first-order valence-corrected chi connectivity index (χ1v) is 3.41. The molecular formula is C6H11Mo. The molecule has 0 aromatic rings. The molecule has 0 spiro atoms. The van der Waals surface area contributed by atoms with Crippen LogP contribution in [0.1, 0.15) is 27.2 Å². The third kappa shape index (κ3) is 6.47. The molecule has 0 unspecified atom stereocenters. The predicted octanol–water partition coefficient (Wildman–Crippen LogP) is 1.93. The summed E-state index contributed by atoms with van der Waals surface area (Å²) in [5.74, 6) is 0. The zero-order chi connectivity index (χ0) is 5.91. The Bertz CT molecular complexity index is 81.3. The Morgan fingerprint density at radius 3 is 1.86 bits per heavy atom. The average Bonchev–Trinajstić information content (AvgIpc) is 1.30. The van der Waals surface area contributed by atoms with Gasteiger partial charge in [-0.2, -0.15) is 0 Å². The molecule has 0 aromatic carbocycles. The molecule has 0 fully saturated rings. The van der Waals surface area contributed by atoms with E-state index >= 15 is 0 Å². The van der Waals surface area contributed by atoms with Gasteiger partial charge in [-0.1, -0.05) is 0 Å².